The summed E-state index contributed by atoms with van der Waals surface area (Å²) < 4.78 is 0. The van der Waals surface area contributed by atoms with Gasteiger partial charge in [-0.1, -0.05) is 13.3 Å². The molecule has 1 saturated carbocycles. The molecule has 3 N–H and O–H groups in total. The van der Waals surface area contributed by atoms with Crippen molar-refractivity contribution in [1.82, 2.24) is 10.6 Å². The van der Waals surface area contributed by atoms with Gasteiger partial charge in [0, 0.05) is 18.7 Å². The number of hydrogen-bond donors (Lipinski definition) is 3. The minimum atomic E-state index is -1.23. The zero-order chi connectivity index (χ0) is 13.6. The van der Waals surface area contributed by atoms with E-state index >= 15 is 0 Å². The number of rotatable bonds is 6. The van der Waals surface area contributed by atoms with E-state index in [4.69, 9.17) is 5.11 Å². The fraction of sp³-hybridized carbons (Fsp3) is 0.583. The largest absolute Gasteiger partial charge is 0.478 e. The second-order valence-electron chi connectivity index (χ2n) is 4.59. The second kappa shape index (κ2) is 6.18. The molecule has 0 radical (unpaired) electrons. The van der Waals surface area contributed by atoms with Gasteiger partial charge >= 0.3 is 12.0 Å². The van der Waals surface area contributed by atoms with Gasteiger partial charge in [0.25, 0.3) is 5.91 Å². The number of imide groups is 1. The van der Waals surface area contributed by atoms with E-state index in [1.165, 1.54) is 0 Å². The Morgan fingerprint density at radius 3 is 2.44 bits per heavy atom. The maximum atomic E-state index is 11.4. The van der Waals surface area contributed by atoms with Crippen molar-refractivity contribution in [3.05, 3.63) is 12.2 Å². The average Bonchev–Trinajstić information content (AvgIpc) is 3.05. The first-order valence-corrected chi connectivity index (χ1v) is 5.97. The lowest BCUT2D eigenvalue weighted by atomic mass is 10.0. The van der Waals surface area contributed by atoms with Gasteiger partial charge in [0.2, 0.25) is 0 Å². The van der Waals surface area contributed by atoms with E-state index in [9.17, 15) is 14.4 Å². The molecule has 6 heteroatoms. The Morgan fingerprint density at radius 1 is 1.28 bits per heavy atom. The Bertz CT molecular complexity index is 372. The lowest BCUT2D eigenvalue weighted by molar-refractivity contribution is -0.131. The Kier molecular flexibility index (Phi) is 4.88. The van der Waals surface area contributed by atoms with E-state index in [1.54, 1.807) is 0 Å². The van der Waals surface area contributed by atoms with E-state index < -0.39 is 17.9 Å². The summed E-state index contributed by atoms with van der Waals surface area (Å²) in [7, 11) is 0. The highest BCUT2D eigenvalue weighted by Crippen LogP contribution is 2.48. The third kappa shape index (κ3) is 4.99. The number of carbonyl (C=O) groups excluding carboxylic acids is 2. The van der Waals surface area contributed by atoms with Gasteiger partial charge in [0.1, 0.15) is 0 Å². The Morgan fingerprint density at radius 2 is 1.94 bits per heavy atom. The van der Waals surface area contributed by atoms with Crippen molar-refractivity contribution in [3.63, 3.8) is 0 Å². The number of carbonyl (C=O) groups is 3. The van der Waals surface area contributed by atoms with Crippen LogP contribution in [0.2, 0.25) is 0 Å². The smallest absolute Gasteiger partial charge is 0.328 e. The fourth-order valence-corrected chi connectivity index (χ4v) is 1.83. The quantitative estimate of drug-likeness (QED) is 0.617. The van der Waals surface area contributed by atoms with Crippen LogP contribution in [0.25, 0.3) is 0 Å². The molecule has 0 bridgehead atoms. The third-order valence-corrected chi connectivity index (χ3v) is 2.98. The molecule has 1 rings (SSSR count). The zero-order valence-corrected chi connectivity index (χ0v) is 10.4. The number of urea groups is 1. The van der Waals surface area contributed by atoms with Crippen molar-refractivity contribution >= 4 is 17.9 Å². The minimum absolute atomic E-state index is 0.214. The number of hydrogen-bond acceptors (Lipinski definition) is 3. The van der Waals surface area contributed by atoms with Gasteiger partial charge in [-0.3, -0.25) is 10.1 Å². The third-order valence-electron chi connectivity index (χ3n) is 2.98. The lowest BCUT2D eigenvalue weighted by Gasteiger charge is -2.14. The molecular weight excluding hydrogens is 236 g/mol. The molecule has 0 aromatic heterocycles. The molecule has 0 spiro atoms. The molecule has 18 heavy (non-hydrogen) atoms. The first-order chi connectivity index (χ1) is 8.47. The van der Waals surface area contributed by atoms with Gasteiger partial charge in [0.15, 0.2) is 0 Å². The van der Waals surface area contributed by atoms with E-state index in [1.807, 2.05) is 5.32 Å². The summed E-state index contributed by atoms with van der Waals surface area (Å²) in [5, 5.41) is 13.0. The van der Waals surface area contributed by atoms with Gasteiger partial charge in [-0.25, -0.2) is 9.59 Å². The van der Waals surface area contributed by atoms with E-state index in [2.05, 4.69) is 12.2 Å². The van der Waals surface area contributed by atoms with E-state index in [0.29, 0.717) is 12.6 Å². The number of carboxylic acid groups (broad SMARTS) is 1. The summed E-state index contributed by atoms with van der Waals surface area (Å²) in [6, 6.07) is -0.586. The molecule has 0 heterocycles. The summed E-state index contributed by atoms with van der Waals surface area (Å²) >= 11 is 0. The molecule has 1 aliphatic carbocycles. The number of carboxylic acids is 1. The maximum Gasteiger partial charge on any atom is 0.328 e. The normalized spacial score (nSPS) is 16.3. The summed E-state index contributed by atoms with van der Waals surface area (Å²) in [5.41, 5.74) is 0.214. The molecule has 0 unspecified atom stereocenters. The van der Waals surface area contributed by atoms with Crippen LogP contribution in [-0.2, 0) is 9.59 Å². The summed E-state index contributed by atoms with van der Waals surface area (Å²) in [6.45, 7) is 2.66. The standard InChI is InChI=1S/C12H18N2O4/c1-2-5-12(6-7-12)8-13-11(18)14-9(15)3-4-10(16)17/h3-4H,2,5-8H2,1H3,(H,16,17)(H2,13,14,15,18)/b4-3+. The van der Waals surface area contributed by atoms with Crippen molar-refractivity contribution in [2.75, 3.05) is 6.54 Å². The molecule has 0 atom stereocenters. The van der Waals surface area contributed by atoms with Crippen molar-refractivity contribution in [2.45, 2.75) is 32.6 Å². The van der Waals surface area contributed by atoms with Crippen molar-refractivity contribution in [1.29, 1.82) is 0 Å². The summed E-state index contributed by atoms with van der Waals surface area (Å²) in [6.07, 6.45) is 5.84. The minimum Gasteiger partial charge on any atom is -0.478 e. The first kappa shape index (κ1) is 14.2. The molecule has 0 aromatic rings. The second-order valence-corrected chi connectivity index (χ2v) is 4.59. The SMILES string of the molecule is CCCC1(CNC(=O)NC(=O)/C=C/C(=O)O)CC1. The van der Waals surface area contributed by atoms with Gasteiger partial charge in [-0.2, -0.15) is 0 Å². The zero-order valence-electron chi connectivity index (χ0n) is 10.4. The highest BCUT2D eigenvalue weighted by Gasteiger charge is 2.41. The monoisotopic (exact) mass is 254 g/mol. The molecular formula is C12H18N2O4. The van der Waals surface area contributed by atoms with Crippen LogP contribution < -0.4 is 10.6 Å². The molecule has 0 aliphatic heterocycles. The summed E-state index contributed by atoms with van der Waals surface area (Å²) in [4.78, 5) is 32.6. The van der Waals surface area contributed by atoms with Crippen LogP contribution >= 0.6 is 0 Å². The van der Waals surface area contributed by atoms with Crippen molar-refractivity contribution in [3.8, 4) is 0 Å². The Balaban J connectivity index is 2.25. The van der Waals surface area contributed by atoms with Crippen LogP contribution in [0.3, 0.4) is 0 Å². The maximum absolute atomic E-state index is 11.4. The van der Waals surface area contributed by atoms with Crippen LogP contribution in [-0.4, -0.2) is 29.6 Å². The van der Waals surface area contributed by atoms with Gasteiger partial charge in [-0.05, 0) is 24.7 Å². The van der Waals surface area contributed by atoms with Gasteiger partial charge in [-0.15, -0.1) is 0 Å². The molecule has 1 fully saturated rings. The van der Waals surface area contributed by atoms with Crippen molar-refractivity contribution < 1.29 is 19.5 Å². The molecule has 100 valence electrons. The molecule has 0 aromatic carbocycles. The predicted molar refractivity (Wildman–Crippen MR) is 64.9 cm³/mol. The number of amides is 3. The van der Waals surface area contributed by atoms with E-state index in [-0.39, 0.29) is 5.41 Å². The van der Waals surface area contributed by atoms with Crippen LogP contribution in [0.15, 0.2) is 12.2 Å². The fourth-order valence-electron chi connectivity index (χ4n) is 1.83. The number of aliphatic carboxylic acids is 1. The Labute approximate surface area is 105 Å². The topological polar surface area (TPSA) is 95.5 Å². The predicted octanol–water partition coefficient (Wildman–Crippen LogP) is 1.03. The summed E-state index contributed by atoms with van der Waals surface area (Å²) in [5.74, 6) is -1.97. The van der Waals surface area contributed by atoms with Crippen LogP contribution in [0.4, 0.5) is 4.79 Å². The number of nitrogens with one attached hydrogen (secondary N) is 2. The molecule has 3 amide bonds. The van der Waals surface area contributed by atoms with E-state index in [0.717, 1.165) is 31.8 Å². The van der Waals surface area contributed by atoms with Crippen LogP contribution in [0, 0.1) is 5.41 Å². The van der Waals surface area contributed by atoms with Crippen LogP contribution in [0.5, 0.6) is 0 Å². The average molecular weight is 254 g/mol. The van der Waals surface area contributed by atoms with Gasteiger partial charge < -0.3 is 10.4 Å². The highest BCUT2D eigenvalue weighted by molar-refractivity contribution is 6.02. The lowest BCUT2D eigenvalue weighted by Crippen LogP contribution is -2.41. The molecule has 0 saturated heterocycles. The molecule has 1 aliphatic rings. The van der Waals surface area contributed by atoms with Gasteiger partial charge in [0.05, 0.1) is 0 Å². The Hall–Kier alpha value is -1.85. The van der Waals surface area contributed by atoms with Crippen molar-refractivity contribution in [2.24, 2.45) is 5.41 Å². The first-order valence-electron chi connectivity index (χ1n) is 5.97. The molecule has 6 nitrogen and oxygen atoms in total. The van der Waals surface area contributed by atoms with Crippen LogP contribution in [0.1, 0.15) is 32.6 Å². The highest BCUT2D eigenvalue weighted by atomic mass is 16.4.